The summed E-state index contributed by atoms with van der Waals surface area (Å²) in [5, 5.41) is 22.3. The van der Waals surface area contributed by atoms with Crippen molar-refractivity contribution < 1.29 is 5.11 Å². The van der Waals surface area contributed by atoms with Gasteiger partial charge in [-0.15, -0.1) is 10.2 Å². The predicted molar refractivity (Wildman–Crippen MR) is 97.5 cm³/mol. The molecule has 2 N–H and O–H groups in total. The Labute approximate surface area is 145 Å². The summed E-state index contributed by atoms with van der Waals surface area (Å²) >= 11 is 0. The summed E-state index contributed by atoms with van der Waals surface area (Å²) in [4.78, 5) is 4.49. The van der Waals surface area contributed by atoms with Crippen LogP contribution >= 0.6 is 0 Å². The Morgan fingerprint density at radius 3 is 2.60 bits per heavy atom. The number of aromatic hydroxyl groups is 1. The first-order valence-corrected chi connectivity index (χ1v) is 8.42. The van der Waals surface area contributed by atoms with Crippen LogP contribution in [0.4, 0.5) is 0 Å². The van der Waals surface area contributed by atoms with Gasteiger partial charge in [0.25, 0.3) is 0 Å². The molecule has 0 unspecified atom stereocenters. The molecule has 0 saturated carbocycles. The molecule has 0 radical (unpaired) electrons. The Kier molecular flexibility index (Phi) is 4.26. The van der Waals surface area contributed by atoms with E-state index in [1.807, 2.05) is 47.0 Å². The highest BCUT2D eigenvalue weighted by atomic mass is 16.3. The average Bonchev–Trinajstić information content (AvgIpc) is 3.35. The lowest BCUT2D eigenvalue weighted by molar-refractivity contribution is 0.480. The molecule has 1 aliphatic rings. The third kappa shape index (κ3) is 3.16. The van der Waals surface area contributed by atoms with Crippen LogP contribution in [0.25, 0.3) is 28.1 Å². The molecule has 1 saturated heterocycles. The molecule has 4 aromatic rings. The van der Waals surface area contributed by atoms with Crippen molar-refractivity contribution in [2.75, 3.05) is 13.1 Å². The van der Waals surface area contributed by atoms with Gasteiger partial charge in [0.15, 0.2) is 11.5 Å². The van der Waals surface area contributed by atoms with Gasteiger partial charge in [0.05, 0.1) is 0 Å². The van der Waals surface area contributed by atoms with Crippen LogP contribution in [0.2, 0.25) is 0 Å². The van der Waals surface area contributed by atoms with Crippen molar-refractivity contribution in [2.45, 2.75) is 12.8 Å². The lowest BCUT2D eigenvalue weighted by Gasteiger charge is -2.03. The number of aromatic nitrogens is 4. The number of phenols is 1. The predicted octanol–water partition coefficient (Wildman–Crippen LogP) is 3.02. The van der Waals surface area contributed by atoms with Crippen molar-refractivity contribution in [3.8, 4) is 17.3 Å². The quantitative estimate of drug-likeness (QED) is 0.560. The van der Waals surface area contributed by atoms with E-state index in [0.29, 0.717) is 17.0 Å². The van der Waals surface area contributed by atoms with Gasteiger partial charge in [0.2, 0.25) is 0 Å². The number of phenolic OH excluding ortho intramolecular Hbond substituents is 1. The number of benzene rings is 1. The SMILES string of the molecule is C1CCNC1.Oc1cccc2ccc(-c3nnc4ccccn34)nc12. The van der Waals surface area contributed by atoms with Crippen molar-refractivity contribution in [1.29, 1.82) is 0 Å². The van der Waals surface area contributed by atoms with Gasteiger partial charge >= 0.3 is 0 Å². The van der Waals surface area contributed by atoms with E-state index in [9.17, 15) is 5.11 Å². The lowest BCUT2D eigenvalue weighted by Crippen LogP contribution is -2.03. The third-order valence-corrected chi connectivity index (χ3v) is 4.20. The molecule has 0 atom stereocenters. The second-order valence-corrected chi connectivity index (χ2v) is 5.95. The maximum Gasteiger partial charge on any atom is 0.187 e. The summed E-state index contributed by atoms with van der Waals surface area (Å²) in [5.41, 5.74) is 2.01. The van der Waals surface area contributed by atoms with E-state index in [1.54, 1.807) is 12.1 Å². The van der Waals surface area contributed by atoms with Gasteiger partial charge in [-0.1, -0.05) is 24.3 Å². The minimum atomic E-state index is 0.165. The summed E-state index contributed by atoms with van der Waals surface area (Å²) in [6.45, 7) is 2.50. The van der Waals surface area contributed by atoms with Crippen LogP contribution in [0.15, 0.2) is 54.7 Å². The Hall–Kier alpha value is -2.99. The van der Waals surface area contributed by atoms with Gasteiger partial charge in [0, 0.05) is 11.6 Å². The average molecular weight is 333 g/mol. The number of para-hydroxylation sites is 1. The molecule has 0 bridgehead atoms. The number of nitrogens with zero attached hydrogens (tertiary/aromatic N) is 4. The Morgan fingerprint density at radius 1 is 0.920 bits per heavy atom. The van der Waals surface area contributed by atoms with E-state index in [0.717, 1.165) is 11.0 Å². The highest BCUT2D eigenvalue weighted by molar-refractivity contribution is 5.86. The summed E-state index contributed by atoms with van der Waals surface area (Å²) < 4.78 is 1.87. The van der Waals surface area contributed by atoms with Crippen LogP contribution in [-0.4, -0.2) is 37.8 Å². The van der Waals surface area contributed by atoms with Crippen LogP contribution in [0.3, 0.4) is 0 Å². The zero-order valence-corrected chi connectivity index (χ0v) is 13.8. The van der Waals surface area contributed by atoms with E-state index < -0.39 is 0 Å². The molecule has 126 valence electrons. The van der Waals surface area contributed by atoms with Gasteiger partial charge in [-0.2, -0.15) is 0 Å². The molecule has 0 amide bonds. The largest absolute Gasteiger partial charge is 0.506 e. The Bertz CT molecular complexity index is 999. The maximum absolute atomic E-state index is 9.90. The van der Waals surface area contributed by atoms with E-state index in [1.165, 1.54) is 25.9 Å². The second kappa shape index (κ2) is 6.86. The van der Waals surface area contributed by atoms with E-state index in [4.69, 9.17) is 0 Å². The standard InChI is InChI=1S/C15H10N4O.C4H9N/c20-12-5-3-4-10-7-8-11(16-14(10)12)15-18-17-13-6-1-2-9-19(13)15;1-2-4-5-3-1/h1-9,20H;5H,1-4H2. The van der Waals surface area contributed by atoms with Crippen molar-refractivity contribution in [3.05, 3.63) is 54.7 Å². The van der Waals surface area contributed by atoms with Gasteiger partial charge in [-0.3, -0.25) is 4.40 Å². The molecule has 25 heavy (non-hydrogen) atoms. The zero-order chi connectivity index (χ0) is 17.1. The number of rotatable bonds is 1. The first-order valence-electron chi connectivity index (χ1n) is 8.42. The topological polar surface area (TPSA) is 75.3 Å². The minimum absolute atomic E-state index is 0.165. The molecule has 0 aliphatic carbocycles. The molecular weight excluding hydrogens is 314 g/mol. The van der Waals surface area contributed by atoms with Crippen LogP contribution in [0.5, 0.6) is 5.75 Å². The summed E-state index contributed by atoms with van der Waals surface area (Å²) in [6, 6.07) is 14.8. The molecule has 3 aromatic heterocycles. The van der Waals surface area contributed by atoms with Gasteiger partial charge in [-0.25, -0.2) is 4.98 Å². The van der Waals surface area contributed by atoms with Gasteiger partial charge < -0.3 is 10.4 Å². The smallest absolute Gasteiger partial charge is 0.187 e. The molecule has 6 heteroatoms. The number of hydrogen-bond acceptors (Lipinski definition) is 5. The van der Waals surface area contributed by atoms with E-state index in [-0.39, 0.29) is 5.75 Å². The Balaban J connectivity index is 0.000000272. The monoisotopic (exact) mass is 333 g/mol. The molecule has 1 aliphatic heterocycles. The van der Waals surface area contributed by atoms with Crippen molar-refractivity contribution in [2.24, 2.45) is 0 Å². The fourth-order valence-electron chi connectivity index (χ4n) is 2.90. The van der Waals surface area contributed by atoms with Crippen LogP contribution < -0.4 is 5.32 Å². The lowest BCUT2D eigenvalue weighted by atomic mass is 10.2. The molecule has 0 spiro atoms. The molecule has 1 fully saturated rings. The highest BCUT2D eigenvalue weighted by Crippen LogP contribution is 2.25. The van der Waals surface area contributed by atoms with Crippen molar-refractivity contribution >= 4 is 16.6 Å². The van der Waals surface area contributed by atoms with E-state index in [2.05, 4.69) is 20.5 Å². The summed E-state index contributed by atoms with van der Waals surface area (Å²) in [5.74, 6) is 0.823. The first-order chi connectivity index (χ1) is 12.3. The second-order valence-electron chi connectivity index (χ2n) is 5.95. The molecular formula is C19H19N5O. The molecule has 5 rings (SSSR count). The maximum atomic E-state index is 9.90. The number of fused-ring (bicyclic) bond motifs is 2. The van der Waals surface area contributed by atoms with Gasteiger partial charge in [-0.05, 0) is 50.2 Å². The summed E-state index contributed by atoms with van der Waals surface area (Å²) in [6.07, 6.45) is 4.67. The highest BCUT2D eigenvalue weighted by Gasteiger charge is 2.10. The van der Waals surface area contributed by atoms with Gasteiger partial charge in [0.1, 0.15) is 17.0 Å². The first kappa shape index (κ1) is 15.5. The molecule has 4 heterocycles. The fraction of sp³-hybridized carbons (Fsp3) is 0.211. The molecule has 1 aromatic carbocycles. The van der Waals surface area contributed by atoms with Crippen LogP contribution in [0, 0.1) is 0 Å². The van der Waals surface area contributed by atoms with Crippen molar-refractivity contribution in [3.63, 3.8) is 0 Å². The number of hydrogen-bond donors (Lipinski definition) is 2. The van der Waals surface area contributed by atoms with Crippen molar-refractivity contribution in [1.82, 2.24) is 24.9 Å². The van der Waals surface area contributed by atoms with Crippen LogP contribution in [0.1, 0.15) is 12.8 Å². The third-order valence-electron chi connectivity index (χ3n) is 4.20. The molecule has 6 nitrogen and oxygen atoms in total. The van der Waals surface area contributed by atoms with E-state index >= 15 is 0 Å². The number of nitrogens with one attached hydrogen (secondary N) is 1. The zero-order valence-electron chi connectivity index (χ0n) is 13.8. The summed E-state index contributed by atoms with van der Waals surface area (Å²) in [7, 11) is 0. The fourth-order valence-corrected chi connectivity index (χ4v) is 2.90. The van der Waals surface area contributed by atoms with Crippen LogP contribution in [-0.2, 0) is 0 Å². The normalized spacial score (nSPS) is 13.8. The minimum Gasteiger partial charge on any atom is -0.506 e. The Morgan fingerprint density at radius 2 is 1.80 bits per heavy atom. The number of pyridine rings is 2.